The van der Waals surface area contributed by atoms with Gasteiger partial charge in [-0.05, 0) is 141 Å². The van der Waals surface area contributed by atoms with E-state index in [4.69, 9.17) is 32.3 Å². The molecule has 0 saturated carbocycles. The number of allylic oxidation sites excluding steroid dienone is 26. The van der Waals surface area contributed by atoms with Crippen molar-refractivity contribution in [3.05, 3.63) is 158 Å². The number of aliphatic hydroxyl groups excluding tert-OH is 2. The molecule has 18 heteroatoms. The van der Waals surface area contributed by atoms with E-state index >= 15 is 0 Å². The first-order chi connectivity index (χ1) is 51.2. The van der Waals surface area contributed by atoms with Crippen molar-refractivity contribution in [2.75, 3.05) is 39.6 Å². The SMILES string of the molecule is CC/C=C\C/C=C\C/C=C\C/C=C\C/C=C\CCCCCCCCCCCCCCCC(=O)OCC(O)COP(=O)(O)OCC(O)COP(=O)(O)OCC(COC(=O)CCCCCCCCC/C=C\C/C=C\C/C=C\C/C=C\C/C=C\CC)OC(=O)CCCCCCCCC/C=C\C/C=C\C/C=C\CC. The molecule has 0 saturated heterocycles. The van der Waals surface area contributed by atoms with Crippen LogP contribution in [0.3, 0.4) is 0 Å². The zero-order valence-corrected chi connectivity index (χ0v) is 67.4. The van der Waals surface area contributed by atoms with Crippen LogP contribution >= 0.6 is 15.6 Å². The van der Waals surface area contributed by atoms with Crippen molar-refractivity contribution in [2.45, 2.75) is 334 Å². The lowest BCUT2D eigenvalue weighted by molar-refractivity contribution is -0.161. The Labute approximate surface area is 638 Å². The third kappa shape index (κ3) is 80.0. The first-order valence-corrected chi connectivity index (χ1v) is 43.8. The van der Waals surface area contributed by atoms with E-state index in [9.17, 15) is 43.5 Å². The Hall–Kier alpha value is -4.83. The van der Waals surface area contributed by atoms with Crippen LogP contribution in [0.15, 0.2) is 158 Å². The number of unbranched alkanes of at least 4 members (excludes halogenated alkanes) is 27. The number of ether oxygens (including phenoxy) is 3. The number of esters is 3. The molecule has 0 aromatic rings. The van der Waals surface area contributed by atoms with E-state index in [1.165, 1.54) is 57.8 Å². The van der Waals surface area contributed by atoms with Gasteiger partial charge in [-0.15, -0.1) is 0 Å². The van der Waals surface area contributed by atoms with Gasteiger partial charge in [0.25, 0.3) is 0 Å². The lowest BCUT2D eigenvalue weighted by atomic mass is 10.0. The lowest BCUT2D eigenvalue weighted by Gasteiger charge is -2.21. The van der Waals surface area contributed by atoms with Gasteiger partial charge in [-0.1, -0.05) is 314 Å². The average Bonchev–Trinajstić information content (AvgIpc) is 0.941. The molecule has 105 heavy (non-hydrogen) atoms. The highest BCUT2D eigenvalue weighted by Gasteiger charge is 2.29. The van der Waals surface area contributed by atoms with Crippen LogP contribution in [0, 0.1) is 0 Å². The second kappa shape index (κ2) is 78.7. The Morgan fingerprint density at radius 3 is 0.752 bits per heavy atom. The molecule has 0 fully saturated rings. The second-order valence-corrected chi connectivity index (χ2v) is 29.7. The number of phosphoric ester groups is 2. The minimum atomic E-state index is -4.94. The fraction of sp³-hybridized carbons (Fsp3) is 0.667. The van der Waals surface area contributed by atoms with Gasteiger partial charge in [0, 0.05) is 19.3 Å². The van der Waals surface area contributed by atoms with Crippen LogP contribution in [0.5, 0.6) is 0 Å². The van der Waals surface area contributed by atoms with E-state index in [2.05, 4.69) is 179 Å². The van der Waals surface area contributed by atoms with Gasteiger partial charge in [-0.2, -0.15) is 0 Å². The van der Waals surface area contributed by atoms with Gasteiger partial charge in [0.1, 0.15) is 25.4 Å². The third-order valence-electron chi connectivity index (χ3n) is 16.7. The van der Waals surface area contributed by atoms with Crippen LogP contribution in [0.4, 0.5) is 0 Å². The molecule has 0 aromatic heterocycles. The van der Waals surface area contributed by atoms with Crippen LogP contribution in [-0.4, -0.2) is 95.9 Å². The summed E-state index contributed by atoms with van der Waals surface area (Å²) in [7, 11) is -9.81. The zero-order chi connectivity index (χ0) is 76.6. The van der Waals surface area contributed by atoms with Crippen molar-refractivity contribution < 1.29 is 75.8 Å². The maximum absolute atomic E-state index is 13.0. The molecule has 0 rings (SSSR count). The number of hydrogen-bond donors (Lipinski definition) is 4. The number of carbonyl (C=O) groups excluding carboxylic acids is 3. The van der Waals surface area contributed by atoms with Crippen LogP contribution < -0.4 is 0 Å². The number of carbonyl (C=O) groups is 3. The monoisotopic (exact) mass is 1510 g/mol. The molecule has 0 aliphatic carbocycles. The summed E-state index contributed by atoms with van der Waals surface area (Å²) in [4.78, 5) is 58.8. The molecule has 0 aliphatic rings. The van der Waals surface area contributed by atoms with E-state index in [1.54, 1.807) is 0 Å². The Bertz CT molecular complexity index is 2540. The minimum absolute atomic E-state index is 0.0864. The van der Waals surface area contributed by atoms with Crippen LogP contribution in [0.25, 0.3) is 0 Å². The predicted molar refractivity (Wildman–Crippen MR) is 435 cm³/mol. The summed E-state index contributed by atoms with van der Waals surface area (Å²) in [5.41, 5.74) is 0. The van der Waals surface area contributed by atoms with Crippen LogP contribution in [0.1, 0.15) is 316 Å². The molecule has 0 bridgehead atoms. The van der Waals surface area contributed by atoms with Gasteiger partial charge in [-0.25, -0.2) is 9.13 Å². The summed E-state index contributed by atoms with van der Waals surface area (Å²) >= 11 is 0. The van der Waals surface area contributed by atoms with Crippen molar-refractivity contribution >= 4 is 33.6 Å². The van der Waals surface area contributed by atoms with Gasteiger partial charge >= 0.3 is 33.6 Å². The Kier molecular flexibility index (Phi) is 75.1. The van der Waals surface area contributed by atoms with Crippen LogP contribution in [0.2, 0.25) is 0 Å². The summed E-state index contributed by atoms with van der Waals surface area (Å²) < 4.78 is 61.2. The highest BCUT2D eigenvalue weighted by molar-refractivity contribution is 7.47. The molecule has 0 amide bonds. The van der Waals surface area contributed by atoms with Gasteiger partial charge in [-0.3, -0.25) is 32.5 Å². The highest BCUT2D eigenvalue weighted by Crippen LogP contribution is 2.45. The van der Waals surface area contributed by atoms with Gasteiger partial charge in [0.05, 0.1) is 26.4 Å². The van der Waals surface area contributed by atoms with E-state index in [-0.39, 0.29) is 19.3 Å². The summed E-state index contributed by atoms with van der Waals surface area (Å²) in [6, 6.07) is 0. The first-order valence-electron chi connectivity index (χ1n) is 40.8. The largest absolute Gasteiger partial charge is 0.472 e. The molecule has 4 N–H and O–H groups in total. The van der Waals surface area contributed by atoms with Gasteiger partial charge in [0.15, 0.2) is 6.10 Å². The van der Waals surface area contributed by atoms with E-state index in [0.29, 0.717) is 19.3 Å². The summed E-state index contributed by atoms with van der Waals surface area (Å²) in [6.45, 7) is 2.33. The Balaban J connectivity index is 4.58. The quantitative estimate of drug-likeness (QED) is 0.0146. The van der Waals surface area contributed by atoms with Crippen molar-refractivity contribution in [3.63, 3.8) is 0 Å². The van der Waals surface area contributed by atoms with Crippen molar-refractivity contribution in [3.8, 4) is 0 Å². The molecular formula is C87H146O16P2. The van der Waals surface area contributed by atoms with Crippen molar-refractivity contribution in [2.24, 2.45) is 0 Å². The molecule has 16 nitrogen and oxygen atoms in total. The first kappa shape index (κ1) is 100. The van der Waals surface area contributed by atoms with Gasteiger partial charge < -0.3 is 34.2 Å². The van der Waals surface area contributed by atoms with Crippen molar-refractivity contribution in [1.82, 2.24) is 0 Å². The van der Waals surface area contributed by atoms with E-state index in [1.807, 2.05) is 0 Å². The topological polar surface area (TPSA) is 231 Å². The van der Waals surface area contributed by atoms with E-state index in [0.717, 1.165) is 199 Å². The molecule has 0 radical (unpaired) electrons. The molecule has 5 atom stereocenters. The molecule has 0 aliphatic heterocycles. The normalized spacial score (nSPS) is 14.8. The second-order valence-electron chi connectivity index (χ2n) is 26.8. The fourth-order valence-electron chi connectivity index (χ4n) is 10.6. The molecule has 600 valence electrons. The fourth-order valence-corrected chi connectivity index (χ4v) is 12.2. The molecule has 0 aromatic carbocycles. The van der Waals surface area contributed by atoms with Gasteiger partial charge in [0.2, 0.25) is 0 Å². The standard InChI is InChI=1S/C87H146O16P2/c1-4-7-10-13-16-19-22-25-28-31-33-35-37-38-39-40-41-42-44-46-47-50-52-55-58-61-64-67-70-73-85(90)97-76-82(88)77-99-104(93,94)100-78-83(89)79-101-105(95,96)102-81-84(103-87(92)75-72-69-66-63-60-57-54-49-30-27-24-21-18-15-12-9-6-3)80-98-86(91)74-71-68-65-62-59-56-53-51-48-45-43-36-34-32-29-26-23-20-17-14-11-8-5-2/h7-12,16-21,25-30,33-36,38-39,45,48,82-84,88-89H,4-6,13-15,22-24,31-32,37,40-44,46-47,49-81H2,1-3H3,(H,93,94)(H,95,96)/b10-7-,11-8-,12-9-,19-16-,20-17-,21-18-,28-25-,29-26-,30-27-,35-33-,36-34-,39-38-,48-45-. The highest BCUT2D eigenvalue weighted by atomic mass is 31.2. The number of phosphoric acid groups is 2. The zero-order valence-electron chi connectivity index (χ0n) is 65.6. The Morgan fingerprint density at radius 2 is 0.476 bits per heavy atom. The molecule has 5 unspecified atom stereocenters. The lowest BCUT2D eigenvalue weighted by Crippen LogP contribution is -2.30. The molecule has 0 spiro atoms. The number of rotatable bonds is 76. The molecular weight excluding hydrogens is 1360 g/mol. The Morgan fingerprint density at radius 1 is 0.267 bits per heavy atom. The van der Waals surface area contributed by atoms with E-state index < -0.39 is 91.5 Å². The minimum Gasteiger partial charge on any atom is -0.463 e. The maximum Gasteiger partial charge on any atom is 0.472 e. The third-order valence-corrected chi connectivity index (χ3v) is 18.6. The maximum atomic E-state index is 13.0. The average molecular weight is 1510 g/mol. The molecule has 0 heterocycles. The number of hydrogen-bond acceptors (Lipinski definition) is 14. The predicted octanol–water partition coefficient (Wildman–Crippen LogP) is 24.2. The van der Waals surface area contributed by atoms with Crippen molar-refractivity contribution in [1.29, 1.82) is 0 Å². The van der Waals surface area contributed by atoms with Crippen LogP contribution in [-0.2, 0) is 55.8 Å². The smallest absolute Gasteiger partial charge is 0.463 e. The summed E-state index contributed by atoms with van der Waals surface area (Å²) in [5, 5.41) is 20.7. The number of aliphatic hydroxyl groups is 2. The summed E-state index contributed by atoms with van der Waals surface area (Å²) in [5.74, 6) is -1.60. The summed E-state index contributed by atoms with van der Waals surface area (Å²) in [6.07, 6.45) is 98.5.